The summed E-state index contributed by atoms with van der Waals surface area (Å²) in [5.74, 6) is 1.68. The molecule has 0 atom stereocenters. The largest absolute Gasteiger partial charge is 0.496 e. The van der Waals surface area contributed by atoms with Crippen LogP contribution in [0.15, 0.2) is 105 Å². The molecule has 0 aliphatic rings. The molecule has 0 bridgehead atoms. The van der Waals surface area contributed by atoms with Gasteiger partial charge in [0.15, 0.2) is 17.3 Å². The van der Waals surface area contributed by atoms with Gasteiger partial charge in [-0.05, 0) is 60.2 Å². The van der Waals surface area contributed by atoms with Crippen molar-refractivity contribution < 1.29 is 23.0 Å². The summed E-state index contributed by atoms with van der Waals surface area (Å²) >= 11 is 0. The second-order valence-corrected chi connectivity index (χ2v) is 9.09. The molecule has 0 saturated heterocycles. The Bertz CT molecular complexity index is 1980. The molecule has 0 unspecified atom stereocenters. The SMILES string of the molecule is COc1cccc(C=Nn2c(-c3cc4c(OC)cccc4o3)nc3ccccc3c2=O)c1OCc1cccc(F)c1. The van der Waals surface area contributed by atoms with E-state index in [1.807, 2.05) is 24.3 Å². The maximum Gasteiger partial charge on any atom is 0.282 e. The Kier molecular flexibility index (Phi) is 6.91. The molecule has 0 fully saturated rings. The number of fused-ring (bicyclic) bond motifs is 2. The summed E-state index contributed by atoms with van der Waals surface area (Å²) in [6.45, 7) is 0.0997. The third-order valence-corrected chi connectivity index (χ3v) is 6.53. The molecule has 0 radical (unpaired) electrons. The van der Waals surface area contributed by atoms with Gasteiger partial charge in [0, 0.05) is 5.56 Å². The van der Waals surface area contributed by atoms with E-state index in [-0.39, 0.29) is 23.8 Å². The minimum atomic E-state index is -0.376. The molecule has 4 aromatic carbocycles. The van der Waals surface area contributed by atoms with Crippen LogP contribution in [0.25, 0.3) is 33.5 Å². The molecule has 6 rings (SSSR count). The van der Waals surface area contributed by atoms with E-state index >= 15 is 0 Å². The summed E-state index contributed by atoms with van der Waals surface area (Å²) in [7, 11) is 3.11. The third-order valence-electron chi connectivity index (χ3n) is 6.53. The molecule has 2 aromatic heterocycles. The van der Waals surface area contributed by atoms with Crippen molar-refractivity contribution in [2.24, 2.45) is 5.10 Å². The van der Waals surface area contributed by atoms with Crippen LogP contribution in [0.5, 0.6) is 17.2 Å². The summed E-state index contributed by atoms with van der Waals surface area (Å²) in [5, 5.41) is 5.69. The Morgan fingerprint density at radius 3 is 2.51 bits per heavy atom. The van der Waals surface area contributed by atoms with Crippen LogP contribution in [0.2, 0.25) is 0 Å². The molecule has 9 heteroatoms. The number of hydrogen-bond acceptors (Lipinski definition) is 7. The molecular weight excluding hydrogens is 525 g/mol. The minimum Gasteiger partial charge on any atom is -0.496 e. The first-order valence-corrected chi connectivity index (χ1v) is 12.7. The fraction of sp³-hybridized carbons (Fsp3) is 0.0938. The van der Waals surface area contributed by atoms with Crippen LogP contribution >= 0.6 is 0 Å². The van der Waals surface area contributed by atoms with E-state index in [4.69, 9.17) is 23.6 Å². The van der Waals surface area contributed by atoms with Crippen molar-refractivity contribution in [3.05, 3.63) is 118 Å². The molecule has 0 N–H and O–H groups in total. The second-order valence-electron chi connectivity index (χ2n) is 9.09. The second kappa shape index (κ2) is 11.0. The molecule has 2 heterocycles. The molecular formula is C32H24FN3O5. The van der Waals surface area contributed by atoms with Crippen molar-refractivity contribution in [3.8, 4) is 28.8 Å². The zero-order valence-electron chi connectivity index (χ0n) is 22.2. The van der Waals surface area contributed by atoms with E-state index in [0.29, 0.717) is 50.6 Å². The summed E-state index contributed by atoms with van der Waals surface area (Å²) in [4.78, 5) is 18.4. The van der Waals surface area contributed by atoms with Gasteiger partial charge in [-0.2, -0.15) is 9.78 Å². The van der Waals surface area contributed by atoms with Gasteiger partial charge >= 0.3 is 0 Å². The fourth-order valence-electron chi connectivity index (χ4n) is 4.56. The van der Waals surface area contributed by atoms with Crippen molar-refractivity contribution in [2.45, 2.75) is 6.61 Å². The molecule has 0 amide bonds. The minimum absolute atomic E-state index is 0.0997. The number of furan rings is 1. The summed E-state index contributed by atoms with van der Waals surface area (Å²) < 4.78 is 38.0. The Morgan fingerprint density at radius 1 is 0.902 bits per heavy atom. The lowest BCUT2D eigenvalue weighted by atomic mass is 10.2. The van der Waals surface area contributed by atoms with E-state index in [2.05, 4.69) is 5.10 Å². The van der Waals surface area contributed by atoms with Crippen LogP contribution in [0.4, 0.5) is 4.39 Å². The van der Waals surface area contributed by atoms with Crippen LogP contribution in [-0.4, -0.2) is 30.1 Å². The molecule has 6 aromatic rings. The van der Waals surface area contributed by atoms with Crippen molar-refractivity contribution in [1.82, 2.24) is 9.66 Å². The van der Waals surface area contributed by atoms with Crippen molar-refractivity contribution in [3.63, 3.8) is 0 Å². The smallest absolute Gasteiger partial charge is 0.282 e. The molecule has 204 valence electrons. The van der Waals surface area contributed by atoms with Gasteiger partial charge in [-0.25, -0.2) is 9.37 Å². The molecule has 0 saturated carbocycles. The van der Waals surface area contributed by atoms with E-state index in [9.17, 15) is 9.18 Å². The number of methoxy groups -OCH3 is 2. The van der Waals surface area contributed by atoms with Gasteiger partial charge in [0.2, 0.25) is 5.82 Å². The highest BCUT2D eigenvalue weighted by Gasteiger charge is 2.18. The van der Waals surface area contributed by atoms with Gasteiger partial charge in [0.25, 0.3) is 5.56 Å². The number of rotatable bonds is 8. The maximum absolute atomic E-state index is 13.7. The number of para-hydroxylation sites is 2. The highest BCUT2D eigenvalue weighted by atomic mass is 19.1. The Labute approximate surface area is 233 Å². The summed E-state index contributed by atoms with van der Waals surface area (Å²) in [6.07, 6.45) is 1.49. The molecule has 0 aliphatic heterocycles. The molecule has 41 heavy (non-hydrogen) atoms. The third kappa shape index (κ3) is 5.00. The average molecular weight is 550 g/mol. The number of benzene rings is 4. The summed E-state index contributed by atoms with van der Waals surface area (Å²) in [5.41, 5.74) is 1.90. The number of aromatic nitrogens is 2. The average Bonchev–Trinajstić information content (AvgIpc) is 3.44. The van der Waals surface area contributed by atoms with Crippen LogP contribution in [-0.2, 0) is 6.61 Å². The maximum atomic E-state index is 13.7. The van der Waals surface area contributed by atoms with Crippen LogP contribution in [0.1, 0.15) is 11.1 Å². The van der Waals surface area contributed by atoms with Gasteiger partial charge in [-0.3, -0.25) is 4.79 Å². The van der Waals surface area contributed by atoms with Crippen molar-refractivity contribution in [2.75, 3.05) is 14.2 Å². The highest BCUT2D eigenvalue weighted by molar-refractivity contribution is 5.89. The zero-order valence-corrected chi connectivity index (χ0v) is 22.2. The lowest BCUT2D eigenvalue weighted by molar-refractivity contribution is 0.283. The quantitative estimate of drug-likeness (QED) is 0.204. The van der Waals surface area contributed by atoms with Gasteiger partial charge in [-0.1, -0.05) is 36.4 Å². The van der Waals surface area contributed by atoms with Gasteiger partial charge in [0.05, 0.1) is 36.7 Å². The zero-order chi connectivity index (χ0) is 28.3. The number of nitrogens with zero attached hydrogens (tertiary/aromatic N) is 3. The first-order valence-electron chi connectivity index (χ1n) is 12.7. The first-order chi connectivity index (χ1) is 20.1. The fourth-order valence-corrected chi connectivity index (χ4v) is 4.56. The topological polar surface area (TPSA) is 88.1 Å². The van der Waals surface area contributed by atoms with Crippen molar-refractivity contribution >= 4 is 28.1 Å². The number of halogens is 1. The van der Waals surface area contributed by atoms with E-state index < -0.39 is 0 Å². The molecule has 8 nitrogen and oxygen atoms in total. The lowest BCUT2D eigenvalue weighted by Crippen LogP contribution is -2.20. The monoisotopic (exact) mass is 549 g/mol. The molecule has 0 aliphatic carbocycles. The lowest BCUT2D eigenvalue weighted by Gasteiger charge is -2.13. The predicted molar refractivity (Wildman–Crippen MR) is 154 cm³/mol. The normalized spacial score (nSPS) is 11.4. The standard InChI is InChI=1S/C32H24FN3O5/c1-38-26-13-7-14-27-24(26)17-29(41-27)31-35-25-12-4-3-11-23(25)32(37)36(31)34-18-21-9-6-15-28(39-2)30(21)40-19-20-8-5-10-22(33)16-20/h3-18H,19H2,1-2H3. The number of ether oxygens (including phenoxy) is 3. The van der Waals surface area contributed by atoms with E-state index in [1.165, 1.54) is 30.1 Å². The Balaban J connectivity index is 1.47. The van der Waals surface area contributed by atoms with Gasteiger partial charge in [0.1, 0.15) is 23.8 Å². The highest BCUT2D eigenvalue weighted by Crippen LogP contribution is 2.34. The number of hydrogen-bond donors (Lipinski definition) is 0. The van der Waals surface area contributed by atoms with Crippen LogP contribution < -0.4 is 19.8 Å². The van der Waals surface area contributed by atoms with E-state index in [0.717, 1.165) is 5.39 Å². The Hall–Kier alpha value is -5.44. The summed E-state index contributed by atoms with van der Waals surface area (Å²) in [6, 6.07) is 25.7. The van der Waals surface area contributed by atoms with Crippen molar-refractivity contribution in [1.29, 1.82) is 0 Å². The predicted octanol–water partition coefficient (Wildman–Crippen LogP) is 6.43. The van der Waals surface area contributed by atoms with Gasteiger partial charge in [-0.15, -0.1) is 0 Å². The Morgan fingerprint density at radius 2 is 1.68 bits per heavy atom. The van der Waals surface area contributed by atoms with E-state index in [1.54, 1.807) is 61.7 Å². The van der Waals surface area contributed by atoms with Crippen LogP contribution in [0.3, 0.4) is 0 Å². The first kappa shape index (κ1) is 25.8. The molecule has 0 spiro atoms. The van der Waals surface area contributed by atoms with Crippen LogP contribution in [0, 0.1) is 5.82 Å². The van der Waals surface area contributed by atoms with Gasteiger partial charge < -0.3 is 18.6 Å².